The first kappa shape index (κ1) is 16.7. The molecule has 24 heavy (non-hydrogen) atoms. The van der Waals surface area contributed by atoms with Gasteiger partial charge in [0, 0.05) is 25.5 Å². The van der Waals surface area contributed by atoms with Crippen molar-refractivity contribution in [2.75, 3.05) is 18.8 Å². The lowest BCUT2D eigenvalue weighted by molar-refractivity contribution is -0.134. The molecule has 0 saturated carbocycles. The molecule has 2 atom stereocenters. The highest BCUT2D eigenvalue weighted by Crippen LogP contribution is 2.29. The predicted octanol–water partition coefficient (Wildman–Crippen LogP) is 1.83. The molecule has 1 aliphatic rings. The first-order valence-corrected chi connectivity index (χ1v) is 9.75. The van der Waals surface area contributed by atoms with Crippen LogP contribution in [0.2, 0.25) is 0 Å². The zero-order chi connectivity index (χ0) is 17.2. The molecule has 1 fully saturated rings. The lowest BCUT2D eigenvalue weighted by atomic mass is 10.1. The molecular formula is C17H21N3O3S. The quantitative estimate of drug-likeness (QED) is 0.849. The summed E-state index contributed by atoms with van der Waals surface area (Å²) in [6.07, 6.45) is 3.79. The molecule has 0 aliphatic carbocycles. The number of rotatable bonds is 3. The number of aromatic nitrogens is 2. The van der Waals surface area contributed by atoms with E-state index in [1.165, 1.54) is 0 Å². The van der Waals surface area contributed by atoms with Gasteiger partial charge in [-0.3, -0.25) is 9.48 Å². The van der Waals surface area contributed by atoms with Crippen LogP contribution >= 0.6 is 0 Å². The molecule has 2 aromatic rings. The third-order valence-corrected chi connectivity index (χ3v) is 6.63. The number of benzene rings is 1. The summed E-state index contributed by atoms with van der Waals surface area (Å²) in [6, 6.07) is 10.6. The Morgan fingerprint density at radius 3 is 2.62 bits per heavy atom. The Kier molecular flexibility index (Phi) is 4.71. The molecule has 7 heteroatoms. The summed E-state index contributed by atoms with van der Waals surface area (Å²) in [7, 11) is -3.28. The predicted molar refractivity (Wildman–Crippen MR) is 91.1 cm³/mol. The van der Waals surface area contributed by atoms with Crippen LogP contribution in [0, 0.1) is 0 Å². The van der Waals surface area contributed by atoms with Crippen molar-refractivity contribution in [1.29, 1.82) is 0 Å². The van der Waals surface area contributed by atoms with Gasteiger partial charge in [0.05, 0.1) is 11.0 Å². The molecule has 1 aliphatic heterocycles. The van der Waals surface area contributed by atoms with E-state index in [2.05, 4.69) is 5.10 Å². The van der Waals surface area contributed by atoms with Crippen LogP contribution in [-0.2, 0) is 14.6 Å². The Morgan fingerprint density at radius 2 is 1.96 bits per heavy atom. The molecule has 1 amide bonds. The Labute approximate surface area is 142 Å². The van der Waals surface area contributed by atoms with Crippen molar-refractivity contribution in [3.05, 3.63) is 54.4 Å². The highest BCUT2D eigenvalue weighted by atomic mass is 32.2. The number of hydrogen-bond acceptors (Lipinski definition) is 4. The maximum atomic E-state index is 12.7. The van der Waals surface area contributed by atoms with Crippen LogP contribution in [0.15, 0.2) is 48.8 Å². The lowest BCUT2D eigenvalue weighted by Gasteiger charge is -2.24. The summed E-state index contributed by atoms with van der Waals surface area (Å²) in [5, 5.41) is 3.55. The van der Waals surface area contributed by atoms with Crippen LogP contribution in [0.3, 0.4) is 0 Å². The van der Waals surface area contributed by atoms with E-state index in [9.17, 15) is 13.2 Å². The molecule has 0 bridgehead atoms. The Bertz CT molecular complexity index is 788. The van der Waals surface area contributed by atoms with E-state index in [1.54, 1.807) is 35.0 Å². The summed E-state index contributed by atoms with van der Waals surface area (Å²) in [6.45, 7) is 2.45. The van der Waals surface area contributed by atoms with Crippen molar-refractivity contribution in [1.82, 2.24) is 14.7 Å². The van der Waals surface area contributed by atoms with Gasteiger partial charge >= 0.3 is 0 Å². The topological polar surface area (TPSA) is 72.3 Å². The van der Waals surface area contributed by atoms with E-state index in [1.807, 2.05) is 30.3 Å². The van der Waals surface area contributed by atoms with Gasteiger partial charge in [-0.1, -0.05) is 30.3 Å². The smallest absolute Gasteiger partial charge is 0.247 e. The summed E-state index contributed by atoms with van der Waals surface area (Å²) in [4.78, 5) is 14.3. The molecule has 0 N–H and O–H groups in total. The zero-order valence-electron chi connectivity index (χ0n) is 13.6. The van der Waals surface area contributed by atoms with Crippen molar-refractivity contribution in [3.8, 4) is 0 Å². The molecule has 0 spiro atoms. The molecule has 1 saturated heterocycles. The summed E-state index contributed by atoms with van der Waals surface area (Å²) >= 11 is 0. The van der Waals surface area contributed by atoms with Gasteiger partial charge in [0.2, 0.25) is 5.91 Å². The van der Waals surface area contributed by atoms with Crippen molar-refractivity contribution in [2.45, 2.75) is 24.6 Å². The van der Waals surface area contributed by atoms with Crippen LogP contribution in [0.25, 0.3) is 0 Å². The molecular weight excluding hydrogens is 326 g/mol. The van der Waals surface area contributed by atoms with Crippen LogP contribution < -0.4 is 0 Å². The molecule has 3 rings (SSSR count). The summed E-state index contributed by atoms with van der Waals surface area (Å²) < 4.78 is 26.8. The largest absolute Gasteiger partial charge is 0.340 e. The van der Waals surface area contributed by atoms with E-state index in [-0.39, 0.29) is 18.2 Å². The van der Waals surface area contributed by atoms with Gasteiger partial charge in [0.1, 0.15) is 6.04 Å². The summed E-state index contributed by atoms with van der Waals surface area (Å²) in [5.41, 5.74) is 0.798. The molecule has 1 aromatic heterocycles. The number of nitrogens with zero attached hydrogens (tertiary/aromatic N) is 3. The first-order valence-electron chi connectivity index (χ1n) is 8.03. The van der Waals surface area contributed by atoms with Crippen molar-refractivity contribution >= 4 is 15.7 Å². The average molecular weight is 347 g/mol. The molecule has 6 nitrogen and oxygen atoms in total. The molecule has 0 unspecified atom stereocenters. The van der Waals surface area contributed by atoms with E-state index >= 15 is 0 Å². The fourth-order valence-electron chi connectivity index (χ4n) is 3.09. The van der Waals surface area contributed by atoms with E-state index in [4.69, 9.17) is 0 Å². The second kappa shape index (κ2) is 6.76. The van der Waals surface area contributed by atoms with Crippen LogP contribution in [0.5, 0.6) is 0 Å². The molecule has 2 heterocycles. The van der Waals surface area contributed by atoms with Crippen LogP contribution in [-0.4, -0.2) is 47.8 Å². The van der Waals surface area contributed by atoms with E-state index < -0.39 is 21.1 Å². The highest BCUT2D eigenvalue weighted by Gasteiger charge is 2.33. The standard InChI is InChI=1S/C17H21N3O3S/c1-14(20-10-5-9-18-20)17(21)19-11-8-16(24(22,23)13-12-19)15-6-3-2-4-7-15/h2-7,9-10,14,16H,8,11-13H2,1H3/t14-,16+/m0/s1. The minimum atomic E-state index is -3.28. The van der Waals surface area contributed by atoms with Crippen molar-refractivity contribution in [3.63, 3.8) is 0 Å². The number of amides is 1. The number of carbonyl (C=O) groups excluding carboxylic acids is 1. The number of carbonyl (C=O) groups is 1. The van der Waals surface area contributed by atoms with Gasteiger partial charge in [-0.2, -0.15) is 5.10 Å². The van der Waals surface area contributed by atoms with Gasteiger partial charge in [-0.05, 0) is 25.0 Å². The zero-order valence-corrected chi connectivity index (χ0v) is 14.4. The summed E-state index contributed by atoms with van der Waals surface area (Å²) in [5.74, 6) is -0.105. The van der Waals surface area contributed by atoms with Crippen LogP contribution in [0.1, 0.15) is 30.2 Å². The average Bonchev–Trinajstić information content (AvgIpc) is 3.06. The van der Waals surface area contributed by atoms with E-state index in [0.29, 0.717) is 13.0 Å². The van der Waals surface area contributed by atoms with Gasteiger partial charge in [0.15, 0.2) is 9.84 Å². The second-order valence-corrected chi connectivity index (χ2v) is 8.35. The number of hydrogen-bond donors (Lipinski definition) is 0. The Morgan fingerprint density at radius 1 is 1.21 bits per heavy atom. The van der Waals surface area contributed by atoms with E-state index in [0.717, 1.165) is 5.56 Å². The SMILES string of the molecule is C[C@@H](C(=O)N1CC[C@H](c2ccccc2)S(=O)(=O)CC1)n1cccn1. The van der Waals surface area contributed by atoms with Gasteiger partial charge in [-0.15, -0.1) is 0 Å². The van der Waals surface area contributed by atoms with Gasteiger partial charge in [-0.25, -0.2) is 8.42 Å². The highest BCUT2D eigenvalue weighted by molar-refractivity contribution is 7.91. The van der Waals surface area contributed by atoms with Gasteiger partial charge in [0.25, 0.3) is 0 Å². The maximum Gasteiger partial charge on any atom is 0.247 e. The van der Waals surface area contributed by atoms with Crippen molar-refractivity contribution in [2.24, 2.45) is 0 Å². The van der Waals surface area contributed by atoms with Crippen LogP contribution in [0.4, 0.5) is 0 Å². The molecule has 0 radical (unpaired) electrons. The van der Waals surface area contributed by atoms with Crippen molar-refractivity contribution < 1.29 is 13.2 Å². The fraction of sp³-hybridized carbons (Fsp3) is 0.412. The lowest BCUT2D eigenvalue weighted by Crippen LogP contribution is -2.38. The first-order chi connectivity index (χ1) is 11.5. The normalized spacial score (nSPS) is 21.9. The fourth-order valence-corrected chi connectivity index (χ4v) is 4.89. The molecule has 1 aromatic carbocycles. The molecule has 128 valence electrons. The van der Waals surface area contributed by atoms with Gasteiger partial charge < -0.3 is 4.90 Å². The number of sulfone groups is 1. The Balaban J connectivity index is 1.77. The second-order valence-electron chi connectivity index (χ2n) is 6.04. The minimum absolute atomic E-state index is 0.00979. The maximum absolute atomic E-state index is 12.7. The third-order valence-electron chi connectivity index (χ3n) is 4.50. The minimum Gasteiger partial charge on any atom is -0.340 e. The third kappa shape index (κ3) is 3.36. The monoisotopic (exact) mass is 347 g/mol. The Hall–Kier alpha value is -2.15.